The van der Waals surface area contributed by atoms with Crippen LogP contribution < -0.4 is 25.2 Å². The summed E-state index contributed by atoms with van der Waals surface area (Å²) in [6.45, 7) is 4.11. The van der Waals surface area contributed by atoms with Crippen molar-refractivity contribution in [2.24, 2.45) is 0 Å². The fourth-order valence-electron chi connectivity index (χ4n) is 4.67. The number of nitro benzene ring substituents is 1. The van der Waals surface area contributed by atoms with E-state index in [1.165, 1.54) is 29.4 Å². The number of rotatable bonds is 9. The van der Waals surface area contributed by atoms with Crippen LogP contribution >= 0.6 is 0 Å². The van der Waals surface area contributed by atoms with Gasteiger partial charge in [-0.3, -0.25) is 10.1 Å². The molecule has 1 aromatic heterocycles. The highest BCUT2D eigenvalue weighted by Gasteiger charge is 2.23. The standard InChI is InChI=1S/C30H32N8O4/c1-35-13-15-36(16-14-35)23-11-12-26(27(18-23)42-2)34-28-19-29(33-21-32-28)37(24-9-6-10-25(17-24)38(40)41)30(39)31-20-22-7-4-3-5-8-22/h3-12,17-19,21H,13-16,20H2,1-2H3,(H,31,39)(H,32,33,34). The van der Waals surface area contributed by atoms with E-state index in [0.717, 1.165) is 37.4 Å². The van der Waals surface area contributed by atoms with E-state index < -0.39 is 11.0 Å². The molecule has 42 heavy (non-hydrogen) atoms. The Labute approximate surface area is 243 Å². The third-order valence-electron chi connectivity index (χ3n) is 6.99. The zero-order chi connectivity index (χ0) is 29.5. The van der Waals surface area contributed by atoms with Crippen LogP contribution in [0.25, 0.3) is 0 Å². The van der Waals surface area contributed by atoms with Gasteiger partial charge in [0.25, 0.3) is 5.69 Å². The largest absolute Gasteiger partial charge is 0.494 e. The van der Waals surface area contributed by atoms with Gasteiger partial charge >= 0.3 is 6.03 Å². The number of hydrogen-bond donors (Lipinski definition) is 2. The number of non-ortho nitro benzene ring substituents is 1. The number of likely N-dealkylation sites (N-methyl/N-ethyl adjacent to an activating group) is 1. The Balaban J connectivity index is 1.42. The normalized spacial score (nSPS) is 13.3. The number of benzene rings is 3. The van der Waals surface area contributed by atoms with Crippen LogP contribution in [0.15, 0.2) is 85.2 Å². The molecule has 216 valence electrons. The fraction of sp³-hybridized carbons (Fsp3) is 0.233. The molecule has 2 N–H and O–H groups in total. The maximum absolute atomic E-state index is 13.5. The molecule has 0 saturated carbocycles. The second-order valence-corrected chi connectivity index (χ2v) is 9.82. The number of amides is 2. The van der Waals surface area contributed by atoms with E-state index in [1.807, 2.05) is 48.5 Å². The molecule has 12 heteroatoms. The number of hydrogen-bond acceptors (Lipinski definition) is 9. The molecule has 1 aliphatic heterocycles. The number of carbonyl (C=O) groups is 1. The number of nitrogens with one attached hydrogen (secondary N) is 2. The first-order valence-electron chi connectivity index (χ1n) is 13.5. The van der Waals surface area contributed by atoms with Crippen molar-refractivity contribution in [2.45, 2.75) is 6.54 Å². The van der Waals surface area contributed by atoms with Crippen LogP contribution in [0.3, 0.4) is 0 Å². The van der Waals surface area contributed by atoms with Crippen LogP contribution in [0, 0.1) is 10.1 Å². The molecule has 0 spiro atoms. The summed E-state index contributed by atoms with van der Waals surface area (Å²) in [4.78, 5) is 39.1. The lowest BCUT2D eigenvalue weighted by molar-refractivity contribution is -0.384. The molecule has 1 aliphatic rings. The molecule has 2 heterocycles. The number of methoxy groups -OCH3 is 1. The first kappa shape index (κ1) is 28.3. The highest BCUT2D eigenvalue weighted by Crippen LogP contribution is 2.33. The molecular weight excluding hydrogens is 536 g/mol. The molecule has 0 bridgehead atoms. The Kier molecular flexibility index (Phi) is 8.73. The number of urea groups is 1. The zero-order valence-electron chi connectivity index (χ0n) is 23.4. The number of carbonyl (C=O) groups excluding carboxylic acids is 1. The van der Waals surface area contributed by atoms with Gasteiger partial charge in [0, 0.05) is 62.7 Å². The van der Waals surface area contributed by atoms with Crippen molar-refractivity contribution in [1.82, 2.24) is 20.2 Å². The topological polar surface area (TPSA) is 129 Å². The van der Waals surface area contributed by atoms with Gasteiger partial charge in [0.15, 0.2) is 0 Å². The van der Waals surface area contributed by atoms with E-state index in [4.69, 9.17) is 4.74 Å². The Bertz CT molecular complexity index is 1540. The zero-order valence-corrected chi connectivity index (χ0v) is 23.4. The maximum Gasteiger partial charge on any atom is 0.327 e. The number of nitro groups is 1. The van der Waals surface area contributed by atoms with E-state index in [2.05, 4.69) is 37.4 Å². The third kappa shape index (κ3) is 6.73. The molecule has 0 atom stereocenters. The summed E-state index contributed by atoms with van der Waals surface area (Å²) in [5, 5.41) is 17.6. The van der Waals surface area contributed by atoms with E-state index in [1.54, 1.807) is 19.2 Å². The molecule has 0 unspecified atom stereocenters. The summed E-state index contributed by atoms with van der Waals surface area (Å²) in [5.74, 6) is 1.28. The number of anilines is 5. The Morgan fingerprint density at radius 3 is 2.52 bits per heavy atom. The van der Waals surface area contributed by atoms with Crippen molar-refractivity contribution in [1.29, 1.82) is 0 Å². The summed E-state index contributed by atoms with van der Waals surface area (Å²) < 4.78 is 5.68. The van der Waals surface area contributed by atoms with Gasteiger partial charge in [-0.2, -0.15) is 0 Å². The third-order valence-corrected chi connectivity index (χ3v) is 6.99. The monoisotopic (exact) mass is 568 g/mol. The molecular formula is C30H32N8O4. The van der Waals surface area contributed by atoms with Gasteiger partial charge in [0.2, 0.25) is 0 Å². The van der Waals surface area contributed by atoms with E-state index in [0.29, 0.717) is 17.3 Å². The fourth-order valence-corrected chi connectivity index (χ4v) is 4.67. The molecule has 2 amide bonds. The molecule has 3 aromatic carbocycles. The van der Waals surface area contributed by atoms with Gasteiger partial charge in [0.05, 0.1) is 23.4 Å². The lowest BCUT2D eigenvalue weighted by Gasteiger charge is -2.34. The van der Waals surface area contributed by atoms with Crippen LogP contribution in [-0.2, 0) is 6.54 Å². The number of ether oxygens (including phenoxy) is 1. The summed E-state index contributed by atoms with van der Waals surface area (Å²) in [7, 11) is 3.73. The van der Waals surface area contributed by atoms with Gasteiger partial charge in [-0.05, 0) is 30.8 Å². The summed E-state index contributed by atoms with van der Waals surface area (Å²) in [6, 6.07) is 22.3. The predicted molar refractivity (Wildman–Crippen MR) is 162 cm³/mol. The molecule has 1 saturated heterocycles. The van der Waals surface area contributed by atoms with Crippen LogP contribution in [0.2, 0.25) is 0 Å². The highest BCUT2D eigenvalue weighted by atomic mass is 16.6. The molecule has 1 fully saturated rings. The van der Waals surface area contributed by atoms with Gasteiger partial charge in [-0.1, -0.05) is 36.4 Å². The van der Waals surface area contributed by atoms with Gasteiger partial charge in [0.1, 0.15) is 23.7 Å². The van der Waals surface area contributed by atoms with Crippen molar-refractivity contribution < 1.29 is 14.5 Å². The van der Waals surface area contributed by atoms with E-state index >= 15 is 0 Å². The number of piperazine rings is 1. The predicted octanol–water partition coefficient (Wildman–Crippen LogP) is 4.94. The minimum absolute atomic E-state index is 0.147. The summed E-state index contributed by atoms with van der Waals surface area (Å²) >= 11 is 0. The highest BCUT2D eigenvalue weighted by molar-refractivity contribution is 5.99. The van der Waals surface area contributed by atoms with Crippen molar-refractivity contribution in [3.05, 3.63) is 101 Å². The van der Waals surface area contributed by atoms with Crippen LogP contribution in [0.4, 0.5) is 39.2 Å². The van der Waals surface area contributed by atoms with E-state index in [-0.39, 0.29) is 23.7 Å². The molecule has 12 nitrogen and oxygen atoms in total. The average molecular weight is 569 g/mol. The molecule has 4 aromatic rings. The van der Waals surface area contributed by atoms with Crippen molar-refractivity contribution >= 4 is 40.4 Å². The Morgan fingerprint density at radius 1 is 1.00 bits per heavy atom. The van der Waals surface area contributed by atoms with Gasteiger partial charge < -0.3 is 25.2 Å². The maximum atomic E-state index is 13.5. The smallest absolute Gasteiger partial charge is 0.327 e. The summed E-state index contributed by atoms with van der Waals surface area (Å²) in [6.07, 6.45) is 1.33. The van der Waals surface area contributed by atoms with Crippen molar-refractivity contribution in [2.75, 3.05) is 55.5 Å². The molecule has 0 aliphatic carbocycles. The molecule has 0 radical (unpaired) electrons. The first-order valence-corrected chi connectivity index (χ1v) is 13.5. The van der Waals surface area contributed by atoms with Crippen LogP contribution in [0.1, 0.15) is 5.56 Å². The number of aromatic nitrogens is 2. The Morgan fingerprint density at radius 2 is 1.79 bits per heavy atom. The lowest BCUT2D eigenvalue weighted by Crippen LogP contribution is -2.44. The minimum atomic E-state index is -0.505. The lowest BCUT2D eigenvalue weighted by atomic mass is 10.2. The second-order valence-electron chi connectivity index (χ2n) is 9.82. The Hall–Kier alpha value is -5.23. The van der Waals surface area contributed by atoms with Crippen LogP contribution in [0.5, 0.6) is 5.75 Å². The van der Waals surface area contributed by atoms with E-state index in [9.17, 15) is 14.9 Å². The number of nitrogens with zero attached hydrogens (tertiary/aromatic N) is 6. The average Bonchev–Trinajstić information content (AvgIpc) is 3.01. The minimum Gasteiger partial charge on any atom is -0.494 e. The molecule has 5 rings (SSSR count). The van der Waals surface area contributed by atoms with Crippen molar-refractivity contribution in [3.8, 4) is 5.75 Å². The van der Waals surface area contributed by atoms with Crippen molar-refractivity contribution in [3.63, 3.8) is 0 Å². The first-order chi connectivity index (χ1) is 20.4. The summed E-state index contributed by atoms with van der Waals surface area (Å²) in [5.41, 5.74) is 2.80. The SMILES string of the molecule is COc1cc(N2CCN(C)CC2)ccc1Nc1cc(N(C(=O)NCc2ccccc2)c2cccc([N+](=O)[O-])c2)ncn1. The quantitative estimate of drug-likeness (QED) is 0.213. The van der Waals surface area contributed by atoms with Gasteiger partial charge in [-0.25, -0.2) is 19.7 Å². The van der Waals surface area contributed by atoms with Gasteiger partial charge in [-0.15, -0.1) is 0 Å². The second kappa shape index (κ2) is 13.0. The van der Waals surface area contributed by atoms with Crippen LogP contribution in [-0.4, -0.2) is 66.2 Å².